The van der Waals surface area contributed by atoms with Crippen molar-refractivity contribution in [1.82, 2.24) is 9.13 Å². The van der Waals surface area contributed by atoms with Crippen molar-refractivity contribution in [3.05, 3.63) is 276 Å². The Hall–Kier alpha value is -8.73. The zero-order valence-electron chi connectivity index (χ0n) is 45.0. The molecule has 0 bridgehead atoms. The molecular weight excluding hydrogens is 921 g/mol. The predicted octanol–water partition coefficient (Wildman–Crippen LogP) is 18.8. The van der Waals surface area contributed by atoms with E-state index >= 15 is 0 Å². The number of amidine groups is 1. The van der Waals surface area contributed by atoms with Crippen molar-refractivity contribution < 1.29 is 0 Å². The average molecular weight is 991 g/mol. The number of hydrogen-bond donors (Lipinski definition) is 1. The van der Waals surface area contributed by atoms with E-state index in [0.717, 1.165) is 18.4 Å². The Morgan fingerprint density at radius 3 is 1.53 bits per heavy atom. The van der Waals surface area contributed by atoms with E-state index in [2.05, 4.69) is 261 Å². The highest BCUT2D eigenvalue weighted by atomic mass is 15.0. The Morgan fingerprint density at radius 1 is 0.408 bits per heavy atom. The molecule has 0 radical (unpaired) electrons. The second-order valence-corrected chi connectivity index (χ2v) is 19.6. The maximum absolute atomic E-state index is 5.73. The van der Waals surface area contributed by atoms with E-state index in [9.17, 15) is 0 Å². The summed E-state index contributed by atoms with van der Waals surface area (Å²) in [5.41, 5.74) is 26.1. The van der Waals surface area contributed by atoms with E-state index in [-0.39, 0.29) is 0 Å². The zero-order valence-corrected chi connectivity index (χ0v) is 45.0. The van der Waals surface area contributed by atoms with Crippen LogP contribution >= 0.6 is 0 Å². The first-order chi connectivity index (χ1) is 37.3. The Morgan fingerprint density at radius 2 is 0.934 bits per heavy atom. The third-order valence-electron chi connectivity index (χ3n) is 14.2. The molecule has 2 N–H and O–H groups in total. The molecule has 76 heavy (non-hydrogen) atoms. The van der Waals surface area contributed by atoms with E-state index < -0.39 is 0 Å². The molecule has 2 aromatic heterocycles. The number of rotatable bonds is 10. The second kappa shape index (κ2) is 25.0. The fourth-order valence-electron chi connectivity index (χ4n) is 10.2. The molecule has 0 aliphatic heterocycles. The highest BCUT2D eigenvalue weighted by Crippen LogP contribution is 2.38. The van der Waals surface area contributed by atoms with Crippen molar-refractivity contribution in [3.63, 3.8) is 0 Å². The lowest BCUT2D eigenvalue weighted by atomic mass is 9.93. The van der Waals surface area contributed by atoms with Gasteiger partial charge in [-0.3, -0.25) is 4.99 Å². The van der Waals surface area contributed by atoms with Gasteiger partial charge in [0.15, 0.2) is 0 Å². The first kappa shape index (κ1) is 52.1. The number of benzene rings is 10. The fraction of sp³-hybridized carbons (Fsp3) is 0.153. The van der Waals surface area contributed by atoms with Crippen LogP contribution in [0.4, 0.5) is 0 Å². The smallest absolute Gasteiger partial charge is 0.125 e. The van der Waals surface area contributed by atoms with Gasteiger partial charge in [0.25, 0.3) is 0 Å². The first-order valence-corrected chi connectivity index (χ1v) is 26.9. The molecule has 2 heterocycles. The van der Waals surface area contributed by atoms with Crippen LogP contribution < -0.4 is 5.73 Å². The third-order valence-corrected chi connectivity index (χ3v) is 14.2. The molecule has 4 nitrogen and oxygen atoms in total. The lowest BCUT2D eigenvalue weighted by molar-refractivity contribution is 0.795. The number of unbranched alkanes of at least 4 members (excludes halogenated alkanes) is 1. The molecule has 0 unspecified atom stereocenters. The predicted molar refractivity (Wildman–Crippen MR) is 329 cm³/mol. The van der Waals surface area contributed by atoms with E-state index in [1.807, 2.05) is 30.3 Å². The van der Waals surface area contributed by atoms with Crippen molar-refractivity contribution in [3.8, 4) is 33.6 Å². The van der Waals surface area contributed by atoms with Crippen molar-refractivity contribution in [2.75, 3.05) is 7.05 Å². The van der Waals surface area contributed by atoms with E-state index in [0.29, 0.717) is 5.84 Å². The van der Waals surface area contributed by atoms with Crippen LogP contribution in [0, 0.1) is 20.8 Å². The minimum absolute atomic E-state index is 0.569. The number of para-hydroxylation sites is 4. The van der Waals surface area contributed by atoms with E-state index in [4.69, 9.17) is 5.73 Å². The van der Waals surface area contributed by atoms with Gasteiger partial charge in [-0.2, -0.15) is 0 Å². The average Bonchev–Trinajstić information content (AvgIpc) is 3.98. The zero-order chi connectivity index (χ0) is 52.8. The third kappa shape index (κ3) is 11.9. The molecule has 378 valence electrons. The molecule has 0 saturated heterocycles. The van der Waals surface area contributed by atoms with Gasteiger partial charge in [-0.15, -0.1) is 0 Å². The normalized spacial score (nSPS) is 11.2. The van der Waals surface area contributed by atoms with Gasteiger partial charge in [-0.05, 0) is 139 Å². The van der Waals surface area contributed by atoms with Gasteiger partial charge in [0.05, 0.1) is 22.1 Å². The number of nitrogens with two attached hydrogens (primary N) is 1. The topological polar surface area (TPSA) is 48.2 Å². The molecule has 0 aliphatic rings. The summed E-state index contributed by atoms with van der Waals surface area (Å²) in [6.45, 7) is 11.0. The van der Waals surface area contributed by atoms with Crippen molar-refractivity contribution in [2.24, 2.45) is 10.7 Å². The maximum atomic E-state index is 5.73. The lowest BCUT2D eigenvalue weighted by Crippen LogP contribution is -2.12. The number of aromatic nitrogens is 2. The Kier molecular flexibility index (Phi) is 17.2. The number of aryl methyl sites for hydroxylation is 5. The van der Waals surface area contributed by atoms with Crippen LogP contribution in [0.5, 0.6) is 0 Å². The quantitative estimate of drug-likeness (QED) is 0.108. The van der Waals surface area contributed by atoms with Crippen LogP contribution in [-0.2, 0) is 12.8 Å². The number of hydrogen-bond acceptors (Lipinski definition) is 1. The summed E-state index contributed by atoms with van der Waals surface area (Å²) in [6.07, 6.45) is 6.09. The van der Waals surface area contributed by atoms with Crippen LogP contribution in [0.25, 0.3) is 77.2 Å². The molecule has 12 rings (SSSR count). The summed E-state index contributed by atoms with van der Waals surface area (Å²) >= 11 is 0. The minimum atomic E-state index is 0.569. The molecule has 0 saturated carbocycles. The molecule has 12 aromatic rings. The molecule has 10 aromatic carbocycles. The van der Waals surface area contributed by atoms with Crippen molar-refractivity contribution >= 4 is 49.4 Å². The highest BCUT2D eigenvalue weighted by molar-refractivity contribution is 6.11. The van der Waals surface area contributed by atoms with Crippen molar-refractivity contribution in [2.45, 2.75) is 66.7 Å². The summed E-state index contributed by atoms with van der Waals surface area (Å²) < 4.78 is 4.74. The molecular formula is C72H70N4. The van der Waals surface area contributed by atoms with Crippen LogP contribution in [-0.4, -0.2) is 22.0 Å². The van der Waals surface area contributed by atoms with Gasteiger partial charge in [0.2, 0.25) is 0 Å². The van der Waals surface area contributed by atoms with E-state index in [1.54, 1.807) is 7.05 Å². The summed E-state index contributed by atoms with van der Waals surface area (Å²) in [7, 11) is 1.69. The maximum Gasteiger partial charge on any atom is 0.125 e. The highest BCUT2D eigenvalue weighted by Gasteiger charge is 2.16. The summed E-state index contributed by atoms with van der Waals surface area (Å²) in [6, 6.07) is 86.1. The largest absolute Gasteiger partial charge is 0.384 e. The molecule has 0 amide bonds. The van der Waals surface area contributed by atoms with Gasteiger partial charge < -0.3 is 14.9 Å². The van der Waals surface area contributed by atoms with Crippen molar-refractivity contribution in [1.29, 1.82) is 0 Å². The minimum Gasteiger partial charge on any atom is -0.384 e. The molecule has 0 fully saturated rings. The monoisotopic (exact) mass is 991 g/mol. The molecule has 0 atom stereocenters. The Bertz CT molecular complexity index is 3790. The standard InChI is InChI=1S/C28H25N.C19H15N.C14H14N2.C11H16/c1-3-11-21-12-7-8-15-23(21)25-19-28-26(18-20(25)2)24-16-9-10-17-27(24)29(28)22-13-5-4-6-14-22;1-14-7-6-8-15(13-14)20-18-11-4-2-9-16(18)17-10-3-5-12-19(17)20;1-16-14(15)13-9-7-12(8-10-13)11-5-3-2-4-6-11;1-3-4-5-11-8-6-10(2)7-9-11/h4-10,12-19H,3,11H2,1-2H3;2-13H,1H3;2-10H,1H3,(H2,15,16);6-9H,3-5H2,1-2H3. The molecule has 0 spiro atoms. The Balaban J connectivity index is 0.000000131. The molecule has 0 aliphatic carbocycles. The van der Waals surface area contributed by atoms with Gasteiger partial charge >= 0.3 is 0 Å². The lowest BCUT2D eigenvalue weighted by Gasteiger charge is -2.14. The van der Waals surface area contributed by atoms with Gasteiger partial charge in [-0.25, -0.2) is 0 Å². The number of fused-ring (bicyclic) bond motifs is 6. The van der Waals surface area contributed by atoms with Crippen LogP contribution in [0.15, 0.2) is 248 Å². The van der Waals surface area contributed by atoms with Crippen LogP contribution in [0.3, 0.4) is 0 Å². The van der Waals surface area contributed by atoms with Crippen LogP contribution in [0.2, 0.25) is 0 Å². The fourth-order valence-corrected chi connectivity index (χ4v) is 10.2. The Labute approximate surface area is 450 Å². The van der Waals surface area contributed by atoms with Gasteiger partial charge in [0, 0.05) is 45.5 Å². The van der Waals surface area contributed by atoms with Gasteiger partial charge in [0.1, 0.15) is 5.84 Å². The SMILES string of the molecule is CCCCc1ccc(C)cc1.CCCc1ccccc1-c1cc2c(cc1C)c1ccccc1n2-c1ccccc1.CN=C(N)c1ccc(-c2ccccc2)cc1.Cc1cccc(-n2c3ccccc3c3ccccc32)c1. The molecule has 4 heteroatoms. The summed E-state index contributed by atoms with van der Waals surface area (Å²) in [5, 5.41) is 5.25. The summed E-state index contributed by atoms with van der Waals surface area (Å²) in [4.78, 5) is 3.96. The van der Waals surface area contributed by atoms with E-state index in [1.165, 1.54) is 124 Å². The van der Waals surface area contributed by atoms with Gasteiger partial charge in [-0.1, -0.05) is 220 Å². The number of aliphatic imine (C=N–C) groups is 1. The number of nitrogens with zero attached hydrogens (tertiary/aromatic N) is 3. The van der Waals surface area contributed by atoms with Crippen LogP contribution in [0.1, 0.15) is 66.5 Å². The second-order valence-electron chi connectivity index (χ2n) is 19.6. The summed E-state index contributed by atoms with van der Waals surface area (Å²) in [5.74, 6) is 0.569. The first-order valence-electron chi connectivity index (χ1n) is 26.9.